The van der Waals surface area contributed by atoms with Gasteiger partial charge in [0.2, 0.25) is 0 Å². The molecule has 0 bridgehead atoms. The molecule has 3 nitrogen and oxygen atoms in total. The molecular formula is C14H20F2N2O. The number of halogens is 2. The number of carbonyl (C=O) groups is 1. The lowest BCUT2D eigenvalue weighted by Gasteiger charge is -2.16. The molecule has 1 aromatic rings. The van der Waals surface area contributed by atoms with Crippen molar-refractivity contribution in [2.75, 3.05) is 13.1 Å². The van der Waals surface area contributed by atoms with Crippen LogP contribution in [0, 0.1) is 17.6 Å². The first-order valence-electron chi connectivity index (χ1n) is 6.51. The van der Waals surface area contributed by atoms with Crippen LogP contribution in [0.5, 0.6) is 0 Å². The monoisotopic (exact) mass is 270 g/mol. The molecule has 0 aliphatic rings. The lowest BCUT2D eigenvalue weighted by molar-refractivity contribution is 0.0941. The molecule has 106 valence electrons. The van der Waals surface area contributed by atoms with Crippen LogP contribution in [0.25, 0.3) is 0 Å². The van der Waals surface area contributed by atoms with E-state index >= 15 is 0 Å². The van der Waals surface area contributed by atoms with Crippen molar-refractivity contribution in [2.45, 2.75) is 26.2 Å². The SMILES string of the molecule is CCCC(CCN)CNC(=O)c1cc(F)ccc1F. The molecule has 0 saturated heterocycles. The molecule has 1 unspecified atom stereocenters. The van der Waals surface area contributed by atoms with Gasteiger partial charge >= 0.3 is 0 Å². The van der Waals surface area contributed by atoms with Crippen molar-refractivity contribution in [3.8, 4) is 0 Å². The van der Waals surface area contributed by atoms with E-state index in [4.69, 9.17) is 5.73 Å². The van der Waals surface area contributed by atoms with E-state index in [1.807, 2.05) is 0 Å². The molecule has 1 rings (SSSR count). The second kappa shape index (κ2) is 7.84. The summed E-state index contributed by atoms with van der Waals surface area (Å²) in [7, 11) is 0. The van der Waals surface area contributed by atoms with Gasteiger partial charge in [0.25, 0.3) is 5.91 Å². The van der Waals surface area contributed by atoms with Crippen molar-refractivity contribution in [1.29, 1.82) is 0 Å². The van der Waals surface area contributed by atoms with Gasteiger partial charge in [-0.05, 0) is 43.5 Å². The maximum Gasteiger partial charge on any atom is 0.254 e. The number of amides is 1. The Labute approximate surface area is 112 Å². The quantitative estimate of drug-likeness (QED) is 0.799. The lowest BCUT2D eigenvalue weighted by atomic mass is 10.00. The Hall–Kier alpha value is -1.49. The summed E-state index contributed by atoms with van der Waals surface area (Å²) in [6, 6.07) is 2.84. The molecule has 1 amide bonds. The van der Waals surface area contributed by atoms with Crippen LogP contribution in [0.4, 0.5) is 8.78 Å². The van der Waals surface area contributed by atoms with Gasteiger partial charge in [-0.15, -0.1) is 0 Å². The molecule has 19 heavy (non-hydrogen) atoms. The summed E-state index contributed by atoms with van der Waals surface area (Å²) in [4.78, 5) is 11.8. The van der Waals surface area contributed by atoms with E-state index in [0.717, 1.165) is 37.5 Å². The predicted molar refractivity (Wildman–Crippen MR) is 70.8 cm³/mol. The first-order valence-corrected chi connectivity index (χ1v) is 6.51. The predicted octanol–water partition coefficient (Wildman–Crippen LogP) is 2.46. The number of nitrogens with one attached hydrogen (secondary N) is 1. The topological polar surface area (TPSA) is 55.1 Å². The molecule has 0 aromatic heterocycles. The molecule has 5 heteroatoms. The maximum absolute atomic E-state index is 13.4. The van der Waals surface area contributed by atoms with Crippen molar-refractivity contribution in [2.24, 2.45) is 11.7 Å². The fourth-order valence-corrected chi connectivity index (χ4v) is 2.00. The Morgan fingerprint density at radius 1 is 1.37 bits per heavy atom. The van der Waals surface area contributed by atoms with E-state index in [1.165, 1.54) is 0 Å². The molecular weight excluding hydrogens is 250 g/mol. The molecule has 1 aromatic carbocycles. The van der Waals surface area contributed by atoms with E-state index in [2.05, 4.69) is 12.2 Å². The van der Waals surface area contributed by atoms with Gasteiger partial charge in [0.1, 0.15) is 11.6 Å². The minimum atomic E-state index is -0.718. The second-order valence-corrected chi connectivity index (χ2v) is 4.57. The minimum Gasteiger partial charge on any atom is -0.352 e. The summed E-state index contributed by atoms with van der Waals surface area (Å²) >= 11 is 0. The molecule has 0 saturated carbocycles. The van der Waals surface area contributed by atoms with Crippen LogP contribution in [-0.2, 0) is 0 Å². The van der Waals surface area contributed by atoms with Gasteiger partial charge in [0.15, 0.2) is 0 Å². The van der Waals surface area contributed by atoms with Crippen LogP contribution in [0.15, 0.2) is 18.2 Å². The van der Waals surface area contributed by atoms with Crippen LogP contribution in [0.1, 0.15) is 36.5 Å². The highest BCUT2D eigenvalue weighted by molar-refractivity contribution is 5.94. The second-order valence-electron chi connectivity index (χ2n) is 4.57. The Morgan fingerprint density at radius 3 is 2.74 bits per heavy atom. The van der Waals surface area contributed by atoms with Crippen LogP contribution in [0.3, 0.4) is 0 Å². The highest BCUT2D eigenvalue weighted by Crippen LogP contribution is 2.12. The van der Waals surface area contributed by atoms with Gasteiger partial charge in [0.05, 0.1) is 5.56 Å². The zero-order chi connectivity index (χ0) is 14.3. The molecule has 0 heterocycles. The zero-order valence-electron chi connectivity index (χ0n) is 11.1. The Kier molecular flexibility index (Phi) is 6.42. The Balaban J connectivity index is 2.61. The Bertz CT molecular complexity index is 418. The van der Waals surface area contributed by atoms with Crippen molar-refractivity contribution < 1.29 is 13.6 Å². The van der Waals surface area contributed by atoms with Gasteiger partial charge in [-0.1, -0.05) is 13.3 Å². The highest BCUT2D eigenvalue weighted by Gasteiger charge is 2.14. The number of carbonyl (C=O) groups excluding carboxylic acids is 1. The summed E-state index contributed by atoms with van der Waals surface area (Å²) in [6.45, 7) is 3.03. The molecule has 0 fully saturated rings. The molecule has 0 aliphatic heterocycles. The average molecular weight is 270 g/mol. The van der Waals surface area contributed by atoms with Crippen molar-refractivity contribution in [1.82, 2.24) is 5.32 Å². The van der Waals surface area contributed by atoms with Gasteiger partial charge in [-0.3, -0.25) is 4.79 Å². The van der Waals surface area contributed by atoms with E-state index in [9.17, 15) is 13.6 Å². The fourth-order valence-electron chi connectivity index (χ4n) is 2.00. The van der Waals surface area contributed by atoms with Crippen LogP contribution < -0.4 is 11.1 Å². The van der Waals surface area contributed by atoms with E-state index < -0.39 is 17.5 Å². The molecule has 0 aliphatic carbocycles. The van der Waals surface area contributed by atoms with Gasteiger partial charge < -0.3 is 11.1 Å². The van der Waals surface area contributed by atoms with Crippen LogP contribution in [0.2, 0.25) is 0 Å². The summed E-state index contributed by atoms with van der Waals surface area (Å²) in [5.41, 5.74) is 5.24. The normalized spacial score (nSPS) is 12.2. The summed E-state index contributed by atoms with van der Waals surface area (Å²) in [6.07, 6.45) is 2.75. The largest absolute Gasteiger partial charge is 0.352 e. The number of hydrogen-bond donors (Lipinski definition) is 2. The first kappa shape index (κ1) is 15.6. The lowest BCUT2D eigenvalue weighted by Crippen LogP contribution is -2.31. The number of rotatable bonds is 7. The highest BCUT2D eigenvalue weighted by atomic mass is 19.1. The molecule has 0 radical (unpaired) electrons. The van der Waals surface area contributed by atoms with Gasteiger partial charge in [-0.25, -0.2) is 8.78 Å². The third-order valence-corrected chi connectivity index (χ3v) is 3.00. The van der Waals surface area contributed by atoms with Crippen molar-refractivity contribution in [3.63, 3.8) is 0 Å². The fraction of sp³-hybridized carbons (Fsp3) is 0.500. The van der Waals surface area contributed by atoms with E-state index in [1.54, 1.807) is 0 Å². The average Bonchev–Trinajstić information content (AvgIpc) is 2.39. The van der Waals surface area contributed by atoms with Gasteiger partial charge in [-0.2, -0.15) is 0 Å². The van der Waals surface area contributed by atoms with E-state index in [0.29, 0.717) is 13.1 Å². The third-order valence-electron chi connectivity index (χ3n) is 3.00. The number of benzene rings is 1. The summed E-state index contributed by atoms with van der Waals surface area (Å²) in [5.74, 6) is -1.66. The van der Waals surface area contributed by atoms with Crippen molar-refractivity contribution in [3.05, 3.63) is 35.4 Å². The standard InChI is InChI=1S/C14H20F2N2O/c1-2-3-10(6-7-17)9-18-14(19)12-8-11(15)4-5-13(12)16/h4-5,8,10H,2-3,6-7,9,17H2,1H3,(H,18,19). The number of nitrogens with two attached hydrogens (primary N) is 1. The molecule has 3 N–H and O–H groups in total. The molecule has 0 spiro atoms. The van der Waals surface area contributed by atoms with Crippen molar-refractivity contribution >= 4 is 5.91 Å². The molecule has 1 atom stereocenters. The van der Waals surface area contributed by atoms with Crippen LogP contribution >= 0.6 is 0 Å². The van der Waals surface area contributed by atoms with Gasteiger partial charge in [0, 0.05) is 6.54 Å². The zero-order valence-corrected chi connectivity index (χ0v) is 11.1. The summed E-state index contributed by atoms with van der Waals surface area (Å²) < 4.78 is 26.4. The smallest absolute Gasteiger partial charge is 0.254 e. The maximum atomic E-state index is 13.4. The first-order chi connectivity index (χ1) is 9.08. The third kappa shape index (κ3) is 4.95. The van der Waals surface area contributed by atoms with Crippen LogP contribution in [-0.4, -0.2) is 19.0 Å². The minimum absolute atomic E-state index is 0.261. The Morgan fingerprint density at radius 2 is 2.11 bits per heavy atom. The number of hydrogen-bond acceptors (Lipinski definition) is 2. The summed E-state index contributed by atoms with van der Waals surface area (Å²) in [5, 5.41) is 2.64. The van der Waals surface area contributed by atoms with E-state index in [-0.39, 0.29) is 11.5 Å².